The summed E-state index contributed by atoms with van der Waals surface area (Å²) in [6.07, 6.45) is 2.68. The predicted octanol–water partition coefficient (Wildman–Crippen LogP) is -0.707. The van der Waals surface area contributed by atoms with Gasteiger partial charge in [-0.15, -0.1) is 5.10 Å². The summed E-state index contributed by atoms with van der Waals surface area (Å²) in [7, 11) is 0. The van der Waals surface area contributed by atoms with E-state index in [-0.39, 0.29) is 29.7 Å². The molecular weight excluding hydrogens is 278 g/mol. The van der Waals surface area contributed by atoms with Crippen molar-refractivity contribution in [3.8, 4) is 5.75 Å². The number of nitrogens with zero attached hydrogens (tertiary/aromatic N) is 5. The number of pyridine rings is 1. The zero-order chi connectivity index (χ0) is 15.4. The normalized spacial score (nSPS) is 12.2. The van der Waals surface area contributed by atoms with Crippen LogP contribution in [0.25, 0.3) is 0 Å². The first-order chi connectivity index (χ1) is 10.0. The number of aryl methyl sites for hydroxylation is 1. The topological polar surface area (TPSA) is 169 Å². The minimum atomic E-state index is -0.304. The SMILES string of the molecule is Cc1ncc(CO)c(/C=N/N=C(/N)c2nonc2N)c1O. The number of anilines is 1. The quantitative estimate of drug-likeness (QED) is 0.325. The van der Waals surface area contributed by atoms with Crippen LogP contribution in [0.1, 0.15) is 22.5 Å². The highest BCUT2D eigenvalue weighted by molar-refractivity contribution is 5.99. The number of nitrogen functional groups attached to an aromatic ring is 1. The van der Waals surface area contributed by atoms with Gasteiger partial charge >= 0.3 is 0 Å². The first-order valence-electron chi connectivity index (χ1n) is 5.77. The van der Waals surface area contributed by atoms with Crippen molar-refractivity contribution in [1.82, 2.24) is 15.3 Å². The third kappa shape index (κ3) is 2.95. The Morgan fingerprint density at radius 2 is 2.24 bits per heavy atom. The van der Waals surface area contributed by atoms with E-state index in [0.717, 1.165) is 0 Å². The van der Waals surface area contributed by atoms with Gasteiger partial charge in [0.1, 0.15) is 5.75 Å². The second-order valence-corrected chi connectivity index (χ2v) is 4.02. The first kappa shape index (κ1) is 14.4. The molecule has 0 aliphatic carbocycles. The minimum absolute atomic E-state index is 0.00917. The lowest BCUT2D eigenvalue weighted by atomic mass is 10.1. The summed E-state index contributed by atoms with van der Waals surface area (Å²) in [6.45, 7) is 1.31. The highest BCUT2D eigenvalue weighted by Gasteiger charge is 2.11. The van der Waals surface area contributed by atoms with Crippen LogP contribution in [0.2, 0.25) is 0 Å². The second kappa shape index (κ2) is 5.96. The van der Waals surface area contributed by atoms with E-state index in [1.54, 1.807) is 6.92 Å². The molecule has 0 aromatic carbocycles. The monoisotopic (exact) mass is 291 g/mol. The lowest BCUT2D eigenvalue weighted by Crippen LogP contribution is -2.15. The van der Waals surface area contributed by atoms with Gasteiger partial charge in [-0.3, -0.25) is 4.98 Å². The Balaban J connectivity index is 2.30. The zero-order valence-corrected chi connectivity index (χ0v) is 11.1. The molecule has 0 atom stereocenters. The van der Waals surface area contributed by atoms with Crippen molar-refractivity contribution in [3.63, 3.8) is 0 Å². The lowest BCUT2D eigenvalue weighted by molar-refractivity contribution is 0.280. The molecule has 21 heavy (non-hydrogen) atoms. The number of hydrogen-bond acceptors (Lipinski definition) is 9. The van der Waals surface area contributed by atoms with E-state index < -0.39 is 0 Å². The largest absolute Gasteiger partial charge is 0.505 e. The number of amidine groups is 1. The highest BCUT2D eigenvalue weighted by Crippen LogP contribution is 2.21. The molecule has 0 saturated heterocycles. The van der Waals surface area contributed by atoms with Crippen LogP contribution in [-0.4, -0.2) is 37.6 Å². The molecule has 0 fully saturated rings. The van der Waals surface area contributed by atoms with E-state index in [0.29, 0.717) is 16.8 Å². The fourth-order valence-corrected chi connectivity index (χ4v) is 1.49. The number of nitrogens with two attached hydrogens (primary N) is 2. The third-order valence-corrected chi connectivity index (χ3v) is 2.64. The molecule has 0 aliphatic heterocycles. The Kier molecular flexibility index (Phi) is 4.09. The number of aliphatic hydroxyl groups is 1. The molecule has 10 heteroatoms. The molecule has 2 aromatic heterocycles. The smallest absolute Gasteiger partial charge is 0.199 e. The second-order valence-electron chi connectivity index (χ2n) is 4.02. The van der Waals surface area contributed by atoms with Crippen LogP contribution < -0.4 is 11.5 Å². The maximum atomic E-state index is 9.90. The Labute approximate surface area is 118 Å². The van der Waals surface area contributed by atoms with E-state index in [4.69, 9.17) is 11.5 Å². The molecule has 6 N–H and O–H groups in total. The molecule has 10 nitrogen and oxygen atoms in total. The molecule has 0 radical (unpaired) electrons. The minimum Gasteiger partial charge on any atom is -0.505 e. The highest BCUT2D eigenvalue weighted by atomic mass is 16.6. The lowest BCUT2D eigenvalue weighted by Gasteiger charge is -2.06. The van der Waals surface area contributed by atoms with Gasteiger partial charge in [-0.25, -0.2) is 4.63 Å². The van der Waals surface area contributed by atoms with E-state index in [2.05, 4.69) is 30.1 Å². The summed E-state index contributed by atoms with van der Waals surface area (Å²) >= 11 is 0. The molecular formula is C11H13N7O3. The van der Waals surface area contributed by atoms with Crippen LogP contribution in [-0.2, 0) is 6.61 Å². The van der Waals surface area contributed by atoms with Gasteiger partial charge in [-0.05, 0) is 17.2 Å². The Bertz CT molecular complexity index is 708. The maximum Gasteiger partial charge on any atom is 0.199 e. The van der Waals surface area contributed by atoms with Gasteiger partial charge in [-0.2, -0.15) is 5.10 Å². The third-order valence-electron chi connectivity index (χ3n) is 2.64. The summed E-state index contributed by atoms with van der Waals surface area (Å²) in [5.41, 5.74) is 12.2. The fourth-order valence-electron chi connectivity index (χ4n) is 1.49. The van der Waals surface area contributed by atoms with Crippen LogP contribution in [0.3, 0.4) is 0 Å². The van der Waals surface area contributed by atoms with Crippen molar-refractivity contribution in [2.45, 2.75) is 13.5 Å². The van der Waals surface area contributed by atoms with E-state index in [1.165, 1.54) is 12.4 Å². The molecule has 0 aliphatic rings. The zero-order valence-electron chi connectivity index (χ0n) is 11.1. The van der Waals surface area contributed by atoms with Crippen molar-refractivity contribution in [1.29, 1.82) is 0 Å². The standard InChI is InChI=1S/C11H13N7O3/c1-5-9(20)7(6(4-19)2-14-5)3-15-16-10(12)8-11(13)18-21-17-8/h2-3,19-20H,4H2,1H3,(H2,12,16)(H2,13,18)/b15-3+. The molecule has 0 spiro atoms. The van der Waals surface area contributed by atoms with Crippen LogP contribution in [0.4, 0.5) is 5.82 Å². The summed E-state index contributed by atoms with van der Waals surface area (Å²) < 4.78 is 4.38. The molecule has 2 aromatic rings. The van der Waals surface area contributed by atoms with Gasteiger partial charge in [0.15, 0.2) is 17.3 Å². The summed E-state index contributed by atoms with van der Waals surface area (Å²) in [6, 6.07) is 0. The number of aromatic nitrogens is 3. The average Bonchev–Trinajstić information content (AvgIpc) is 2.89. The van der Waals surface area contributed by atoms with Crippen LogP contribution >= 0.6 is 0 Å². The Morgan fingerprint density at radius 3 is 2.86 bits per heavy atom. The molecule has 110 valence electrons. The molecule has 0 amide bonds. The number of aliphatic hydroxyl groups excluding tert-OH is 1. The Morgan fingerprint density at radius 1 is 1.48 bits per heavy atom. The van der Waals surface area contributed by atoms with Crippen molar-refractivity contribution >= 4 is 17.9 Å². The fraction of sp³-hybridized carbons (Fsp3) is 0.182. The van der Waals surface area contributed by atoms with Crippen molar-refractivity contribution in [3.05, 3.63) is 28.7 Å². The van der Waals surface area contributed by atoms with E-state index in [9.17, 15) is 10.2 Å². The molecule has 0 saturated carbocycles. The van der Waals surface area contributed by atoms with Crippen LogP contribution in [0, 0.1) is 6.92 Å². The summed E-state index contributed by atoms with van der Waals surface area (Å²) in [5, 5.41) is 33.3. The van der Waals surface area contributed by atoms with Crippen LogP contribution in [0.15, 0.2) is 21.0 Å². The average molecular weight is 291 g/mol. The maximum absolute atomic E-state index is 9.90. The van der Waals surface area contributed by atoms with E-state index in [1.807, 2.05) is 0 Å². The molecule has 0 bridgehead atoms. The van der Waals surface area contributed by atoms with Gasteiger partial charge in [0.25, 0.3) is 0 Å². The molecule has 2 rings (SSSR count). The first-order valence-corrected chi connectivity index (χ1v) is 5.77. The number of aromatic hydroxyl groups is 1. The van der Waals surface area contributed by atoms with E-state index >= 15 is 0 Å². The van der Waals surface area contributed by atoms with Crippen molar-refractivity contribution in [2.75, 3.05) is 5.73 Å². The van der Waals surface area contributed by atoms with Gasteiger partial charge in [0, 0.05) is 17.3 Å². The predicted molar refractivity (Wildman–Crippen MR) is 73.6 cm³/mol. The van der Waals surface area contributed by atoms with Crippen molar-refractivity contribution < 1.29 is 14.8 Å². The Hall–Kier alpha value is -3.01. The van der Waals surface area contributed by atoms with Gasteiger partial charge in [0.2, 0.25) is 0 Å². The number of rotatable bonds is 4. The molecule has 2 heterocycles. The van der Waals surface area contributed by atoms with Crippen LogP contribution in [0.5, 0.6) is 5.75 Å². The van der Waals surface area contributed by atoms with Gasteiger partial charge < -0.3 is 21.7 Å². The summed E-state index contributed by atoms with van der Waals surface area (Å²) in [5.74, 6) is -0.201. The molecule has 0 unspecified atom stereocenters. The van der Waals surface area contributed by atoms with Gasteiger partial charge in [-0.1, -0.05) is 0 Å². The van der Waals surface area contributed by atoms with Gasteiger partial charge in [0.05, 0.1) is 18.5 Å². The number of hydrogen-bond donors (Lipinski definition) is 4. The van der Waals surface area contributed by atoms with Crippen molar-refractivity contribution in [2.24, 2.45) is 15.9 Å². The summed E-state index contributed by atoms with van der Waals surface area (Å²) in [4.78, 5) is 3.93.